The van der Waals surface area contributed by atoms with Crippen LogP contribution in [0, 0.1) is 0 Å². The zero-order valence-corrected chi connectivity index (χ0v) is 14.0. The summed E-state index contributed by atoms with van der Waals surface area (Å²) in [5.41, 5.74) is 1.62. The van der Waals surface area contributed by atoms with E-state index in [1.807, 2.05) is 13.0 Å². The molecule has 1 aliphatic heterocycles. The van der Waals surface area contributed by atoms with Crippen molar-refractivity contribution < 1.29 is 14.3 Å². The van der Waals surface area contributed by atoms with Crippen LogP contribution in [-0.2, 0) is 16.0 Å². The van der Waals surface area contributed by atoms with E-state index in [2.05, 4.69) is 20.9 Å². The highest BCUT2D eigenvalue weighted by Crippen LogP contribution is 2.25. The lowest BCUT2D eigenvalue weighted by Crippen LogP contribution is -2.48. The second-order valence-corrected chi connectivity index (χ2v) is 6.70. The Morgan fingerprint density at radius 3 is 2.87 bits per heavy atom. The van der Waals surface area contributed by atoms with Gasteiger partial charge in [-0.2, -0.15) is 0 Å². The average Bonchev–Trinajstić information content (AvgIpc) is 2.87. The van der Waals surface area contributed by atoms with Crippen molar-refractivity contribution in [2.45, 2.75) is 51.8 Å². The smallest absolute Gasteiger partial charge is 0.408 e. The van der Waals surface area contributed by atoms with Crippen molar-refractivity contribution in [3.05, 3.63) is 24.0 Å². The number of rotatable bonds is 4. The molecule has 0 radical (unpaired) electrons. The zero-order chi connectivity index (χ0) is 17.0. The summed E-state index contributed by atoms with van der Waals surface area (Å²) in [5.74, 6) is -0.251. The predicted molar refractivity (Wildman–Crippen MR) is 87.2 cm³/mol. The van der Waals surface area contributed by atoms with E-state index in [9.17, 15) is 9.59 Å². The Balaban J connectivity index is 1.75. The molecule has 1 aromatic heterocycles. The van der Waals surface area contributed by atoms with Gasteiger partial charge in [0, 0.05) is 12.2 Å². The molecule has 7 nitrogen and oxygen atoms in total. The maximum Gasteiger partial charge on any atom is 0.408 e. The van der Waals surface area contributed by atoms with Gasteiger partial charge in [-0.15, -0.1) is 0 Å². The molecule has 23 heavy (non-hydrogen) atoms. The molecule has 0 saturated carbocycles. The topological polar surface area (TPSA) is 92.4 Å². The molecule has 0 aromatic carbocycles. The summed E-state index contributed by atoms with van der Waals surface area (Å²) in [6.45, 7) is 7.13. The average molecular weight is 320 g/mol. The molecule has 1 aliphatic rings. The van der Waals surface area contributed by atoms with Gasteiger partial charge in [0.2, 0.25) is 5.91 Å². The fraction of sp³-hybridized carbons (Fsp3) is 0.562. The van der Waals surface area contributed by atoms with E-state index in [-0.39, 0.29) is 24.5 Å². The lowest BCUT2D eigenvalue weighted by atomic mass is 10.1. The number of carbonyl (C=O) groups excluding carboxylic acids is 2. The van der Waals surface area contributed by atoms with Crippen molar-refractivity contribution >= 4 is 17.7 Å². The molecule has 2 amide bonds. The van der Waals surface area contributed by atoms with Crippen LogP contribution in [0.15, 0.2) is 18.5 Å². The molecule has 7 heteroatoms. The Morgan fingerprint density at radius 2 is 2.22 bits per heavy atom. The molecule has 2 unspecified atom stereocenters. The Bertz CT molecular complexity index is 558. The van der Waals surface area contributed by atoms with Gasteiger partial charge >= 0.3 is 6.09 Å². The lowest BCUT2D eigenvalue weighted by molar-refractivity contribution is -0.120. The maximum absolute atomic E-state index is 11.9. The van der Waals surface area contributed by atoms with Crippen molar-refractivity contribution in [1.29, 1.82) is 0 Å². The van der Waals surface area contributed by atoms with E-state index in [1.165, 1.54) is 5.56 Å². The van der Waals surface area contributed by atoms with E-state index < -0.39 is 11.7 Å². The number of hydrogen-bond acceptors (Lipinski definition) is 5. The molecule has 2 heterocycles. The standard InChI is InChI=1S/C16H24N4O3/c1-10(12-7-11-5-6-17-8-13(11)20-12)19-14(21)9-18-15(22)23-16(2,3)4/h5-6,8,10,12,20H,7,9H2,1-4H3,(H,18,22)(H,19,21). The number of anilines is 1. The quantitative estimate of drug-likeness (QED) is 0.781. The van der Waals surface area contributed by atoms with Crippen molar-refractivity contribution in [1.82, 2.24) is 15.6 Å². The number of hydrogen-bond donors (Lipinski definition) is 3. The third-order valence-electron chi connectivity index (χ3n) is 3.48. The molecular formula is C16H24N4O3. The maximum atomic E-state index is 11.9. The number of nitrogens with one attached hydrogen (secondary N) is 3. The van der Waals surface area contributed by atoms with Gasteiger partial charge in [-0.1, -0.05) is 0 Å². The van der Waals surface area contributed by atoms with Crippen LogP contribution >= 0.6 is 0 Å². The van der Waals surface area contributed by atoms with Gasteiger partial charge in [-0.25, -0.2) is 4.79 Å². The number of aromatic nitrogens is 1. The number of ether oxygens (including phenoxy) is 1. The van der Waals surface area contributed by atoms with Gasteiger partial charge in [0.15, 0.2) is 0 Å². The minimum Gasteiger partial charge on any atom is -0.444 e. The second-order valence-electron chi connectivity index (χ2n) is 6.70. The van der Waals surface area contributed by atoms with Crippen LogP contribution in [0.1, 0.15) is 33.3 Å². The third-order valence-corrected chi connectivity index (χ3v) is 3.48. The Labute approximate surface area is 136 Å². The summed E-state index contributed by atoms with van der Waals surface area (Å²) in [4.78, 5) is 27.5. The first-order valence-corrected chi connectivity index (χ1v) is 7.70. The fourth-order valence-electron chi connectivity index (χ4n) is 2.39. The Hall–Kier alpha value is -2.31. The third kappa shape index (κ3) is 5.12. The monoisotopic (exact) mass is 320 g/mol. The number of amides is 2. The highest BCUT2D eigenvalue weighted by atomic mass is 16.6. The number of fused-ring (bicyclic) bond motifs is 1. The number of nitrogens with zero attached hydrogens (tertiary/aromatic N) is 1. The lowest BCUT2D eigenvalue weighted by Gasteiger charge is -2.22. The summed E-state index contributed by atoms with van der Waals surface area (Å²) in [5, 5.41) is 8.68. The first kappa shape index (κ1) is 17.1. The van der Waals surface area contributed by atoms with E-state index in [1.54, 1.807) is 33.2 Å². The van der Waals surface area contributed by atoms with E-state index in [0.29, 0.717) is 0 Å². The summed E-state index contributed by atoms with van der Waals surface area (Å²) in [6.07, 6.45) is 3.78. The molecule has 0 fully saturated rings. The van der Waals surface area contributed by atoms with E-state index in [4.69, 9.17) is 4.74 Å². The van der Waals surface area contributed by atoms with Crippen LogP contribution in [0.25, 0.3) is 0 Å². The van der Waals surface area contributed by atoms with Crippen LogP contribution in [0.4, 0.5) is 10.5 Å². The first-order chi connectivity index (χ1) is 10.7. The summed E-state index contributed by atoms with van der Waals surface area (Å²) in [6, 6.07) is 2.01. The van der Waals surface area contributed by atoms with Crippen molar-refractivity contribution in [3.63, 3.8) is 0 Å². The van der Waals surface area contributed by atoms with Crippen LogP contribution in [0.3, 0.4) is 0 Å². The minimum atomic E-state index is -0.599. The summed E-state index contributed by atoms with van der Waals surface area (Å²) in [7, 11) is 0. The number of carbonyl (C=O) groups is 2. The number of alkyl carbamates (subject to hydrolysis) is 1. The molecule has 0 saturated heterocycles. The second kappa shape index (κ2) is 6.85. The van der Waals surface area contributed by atoms with Crippen LogP contribution in [0.2, 0.25) is 0 Å². The highest BCUT2D eigenvalue weighted by molar-refractivity contribution is 5.82. The van der Waals surface area contributed by atoms with Crippen molar-refractivity contribution in [2.24, 2.45) is 0 Å². The molecule has 3 N–H and O–H groups in total. The van der Waals surface area contributed by atoms with Gasteiger partial charge in [-0.3, -0.25) is 9.78 Å². The normalized spacial score (nSPS) is 17.7. The van der Waals surface area contributed by atoms with E-state index >= 15 is 0 Å². The molecule has 2 atom stereocenters. The predicted octanol–water partition coefficient (Wildman–Crippen LogP) is 1.45. The van der Waals surface area contributed by atoms with Gasteiger partial charge < -0.3 is 20.7 Å². The largest absolute Gasteiger partial charge is 0.444 e. The minimum absolute atomic E-state index is 0.0738. The van der Waals surface area contributed by atoms with Crippen LogP contribution < -0.4 is 16.0 Å². The van der Waals surface area contributed by atoms with Gasteiger partial charge in [0.25, 0.3) is 0 Å². The van der Waals surface area contributed by atoms with Crippen LogP contribution in [0.5, 0.6) is 0 Å². The van der Waals surface area contributed by atoms with Crippen molar-refractivity contribution in [2.75, 3.05) is 11.9 Å². The van der Waals surface area contributed by atoms with E-state index in [0.717, 1.165) is 12.1 Å². The highest BCUT2D eigenvalue weighted by Gasteiger charge is 2.26. The first-order valence-electron chi connectivity index (χ1n) is 7.70. The molecular weight excluding hydrogens is 296 g/mol. The molecule has 1 aromatic rings. The number of pyridine rings is 1. The van der Waals surface area contributed by atoms with Gasteiger partial charge in [0.1, 0.15) is 12.1 Å². The molecule has 0 spiro atoms. The zero-order valence-electron chi connectivity index (χ0n) is 14.0. The summed E-state index contributed by atoms with van der Waals surface area (Å²) < 4.78 is 5.09. The molecule has 0 bridgehead atoms. The summed E-state index contributed by atoms with van der Waals surface area (Å²) >= 11 is 0. The molecule has 0 aliphatic carbocycles. The van der Waals surface area contributed by atoms with Crippen LogP contribution in [-0.4, -0.2) is 41.2 Å². The van der Waals surface area contributed by atoms with Gasteiger partial charge in [-0.05, 0) is 45.7 Å². The molecule has 2 rings (SSSR count). The van der Waals surface area contributed by atoms with Crippen molar-refractivity contribution in [3.8, 4) is 0 Å². The Morgan fingerprint density at radius 1 is 1.48 bits per heavy atom. The molecule has 126 valence electrons. The Kier molecular flexibility index (Phi) is 5.08. The van der Waals surface area contributed by atoms with Gasteiger partial charge in [0.05, 0.1) is 17.9 Å². The SMILES string of the molecule is CC(NC(=O)CNC(=O)OC(C)(C)C)C1Cc2ccncc2N1. The fourth-order valence-corrected chi connectivity index (χ4v) is 2.39.